The van der Waals surface area contributed by atoms with E-state index in [9.17, 15) is 4.39 Å². The standard InChI is InChI=1S/C13H14FN3OS.ClH/c14-11-4-2-1-3-10(11)13-16-12(18-17-13)7-9-8-19-6-5-15-9;/h1-4,9,15H,5-8H2;1H. The molecule has 1 saturated heterocycles. The maximum Gasteiger partial charge on any atom is 0.228 e. The molecule has 1 unspecified atom stereocenters. The summed E-state index contributed by atoms with van der Waals surface area (Å²) >= 11 is 1.92. The molecule has 4 nitrogen and oxygen atoms in total. The number of aromatic nitrogens is 2. The van der Waals surface area contributed by atoms with Crippen molar-refractivity contribution in [2.45, 2.75) is 12.5 Å². The predicted octanol–water partition coefficient (Wildman–Crippen LogP) is 2.54. The van der Waals surface area contributed by atoms with E-state index in [0.29, 0.717) is 29.7 Å². The Hall–Kier alpha value is -1.11. The molecular formula is C13H15ClFN3OS. The van der Waals surface area contributed by atoms with Gasteiger partial charge in [-0.15, -0.1) is 12.4 Å². The minimum absolute atomic E-state index is 0. The van der Waals surface area contributed by atoms with Gasteiger partial charge < -0.3 is 9.84 Å². The first-order chi connectivity index (χ1) is 9.33. The Labute approximate surface area is 126 Å². The first-order valence-corrected chi connectivity index (χ1v) is 7.37. The van der Waals surface area contributed by atoms with Crippen LogP contribution in [0.4, 0.5) is 4.39 Å². The first-order valence-electron chi connectivity index (χ1n) is 6.21. The Balaban J connectivity index is 0.00000147. The highest BCUT2D eigenvalue weighted by Crippen LogP contribution is 2.20. The second kappa shape index (κ2) is 7.06. The average molecular weight is 316 g/mol. The Morgan fingerprint density at radius 1 is 1.40 bits per heavy atom. The zero-order chi connectivity index (χ0) is 13.1. The van der Waals surface area contributed by atoms with Gasteiger partial charge in [0.15, 0.2) is 0 Å². The molecule has 1 fully saturated rings. The molecule has 0 radical (unpaired) electrons. The Morgan fingerprint density at radius 3 is 3.00 bits per heavy atom. The van der Waals surface area contributed by atoms with Crippen molar-refractivity contribution in [1.82, 2.24) is 15.5 Å². The number of hydrogen-bond donors (Lipinski definition) is 1. The Morgan fingerprint density at radius 2 is 2.25 bits per heavy atom. The van der Waals surface area contributed by atoms with Gasteiger partial charge in [-0.2, -0.15) is 16.7 Å². The number of thioether (sulfide) groups is 1. The molecule has 2 heterocycles. The lowest BCUT2D eigenvalue weighted by atomic mass is 10.2. The molecule has 0 amide bonds. The fourth-order valence-corrected chi connectivity index (χ4v) is 3.00. The van der Waals surface area contributed by atoms with Crippen LogP contribution in [0.5, 0.6) is 0 Å². The predicted molar refractivity (Wildman–Crippen MR) is 79.8 cm³/mol. The minimum Gasteiger partial charge on any atom is -0.339 e. The third kappa shape index (κ3) is 3.50. The molecule has 0 spiro atoms. The summed E-state index contributed by atoms with van der Waals surface area (Å²) in [6.45, 7) is 1.00. The van der Waals surface area contributed by atoms with Crippen molar-refractivity contribution < 1.29 is 8.91 Å². The second-order valence-electron chi connectivity index (χ2n) is 4.42. The smallest absolute Gasteiger partial charge is 0.228 e. The van der Waals surface area contributed by atoms with Gasteiger partial charge >= 0.3 is 0 Å². The van der Waals surface area contributed by atoms with E-state index < -0.39 is 0 Å². The molecule has 1 N–H and O–H groups in total. The fourth-order valence-electron chi connectivity index (χ4n) is 2.05. The van der Waals surface area contributed by atoms with Gasteiger partial charge in [0, 0.05) is 30.5 Å². The first kappa shape index (κ1) is 15.3. The van der Waals surface area contributed by atoms with E-state index in [1.54, 1.807) is 18.2 Å². The average Bonchev–Trinajstić information content (AvgIpc) is 2.89. The summed E-state index contributed by atoms with van der Waals surface area (Å²) in [6, 6.07) is 6.80. The summed E-state index contributed by atoms with van der Waals surface area (Å²) in [5, 5.41) is 7.26. The van der Waals surface area contributed by atoms with E-state index in [2.05, 4.69) is 15.5 Å². The maximum absolute atomic E-state index is 13.6. The van der Waals surface area contributed by atoms with Crippen LogP contribution >= 0.6 is 24.2 Å². The summed E-state index contributed by atoms with van der Waals surface area (Å²) in [7, 11) is 0. The summed E-state index contributed by atoms with van der Waals surface area (Å²) in [6.07, 6.45) is 0.689. The molecule has 1 atom stereocenters. The van der Waals surface area contributed by atoms with E-state index in [1.165, 1.54) is 6.07 Å². The molecule has 2 aromatic rings. The lowest BCUT2D eigenvalue weighted by molar-refractivity contribution is 0.363. The van der Waals surface area contributed by atoms with E-state index in [-0.39, 0.29) is 18.2 Å². The molecule has 1 aromatic carbocycles. The van der Waals surface area contributed by atoms with Crippen LogP contribution in [0.2, 0.25) is 0 Å². The van der Waals surface area contributed by atoms with Crippen molar-refractivity contribution in [1.29, 1.82) is 0 Å². The molecule has 108 valence electrons. The van der Waals surface area contributed by atoms with Crippen molar-refractivity contribution >= 4 is 24.2 Å². The van der Waals surface area contributed by atoms with Crippen molar-refractivity contribution in [2.24, 2.45) is 0 Å². The van der Waals surface area contributed by atoms with Crippen molar-refractivity contribution in [2.75, 3.05) is 18.1 Å². The summed E-state index contributed by atoms with van der Waals surface area (Å²) < 4.78 is 18.8. The van der Waals surface area contributed by atoms with E-state index in [4.69, 9.17) is 4.52 Å². The number of nitrogens with zero attached hydrogens (tertiary/aromatic N) is 2. The van der Waals surface area contributed by atoms with Crippen molar-refractivity contribution in [3.63, 3.8) is 0 Å². The third-order valence-corrected chi connectivity index (χ3v) is 4.13. The molecule has 1 aliphatic rings. The highest BCUT2D eigenvalue weighted by Gasteiger charge is 2.18. The molecule has 0 aliphatic carbocycles. The number of nitrogens with one attached hydrogen (secondary N) is 1. The molecule has 0 saturated carbocycles. The molecular weight excluding hydrogens is 301 g/mol. The topological polar surface area (TPSA) is 51.0 Å². The van der Waals surface area contributed by atoms with Crippen molar-refractivity contribution in [3.8, 4) is 11.4 Å². The minimum atomic E-state index is -0.332. The number of rotatable bonds is 3. The van der Waals surface area contributed by atoms with Crippen LogP contribution in [0.3, 0.4) is 0 Å². The Bertz CT molecular complexity index is 560. The van der Waals surface area contributed by atoms with Crippen molar-refractivity contribution in [3.05, 3.63) is 36.0 Å². The largest absolute Gasteiger partial charge is 0.339 e. The second-order valence-corrected chi connectivity index (χ2v) is 5.57. The van der Waals surface area contributed by atoms with Crippen LogP contribution in [0.25, 0.3) is 11.4 Å². The van der Waals surface area contributed by atoms with Gasteiger partial charge in [-0.25, -0.2) is 4.39 Å². The van der Waals surface area contributed by atoms with E-state index in [1.807, 2.05) is 11.8 Å². The van der Waals surface area contributed by atoms with Gasteiger partial charge in [0.2, 0.25) is 11.7 Å². The van der Waals surface area contributed by atoms with E-state index >= 15 is 0 Å². The van der Waals surface area contributed by atoms with Crippen LogP contribution in [0.15, 0.2) is 28.8 Å². The molecule has 0 bridgehead atoms. The quantitative estimate of drug-likeness (QED) is 0.943. The monoisotopic (exact) mass is 315 g/mol. The van der Waals surface area contributed by atoms with Crippen LogP contribution in [0, 0.1) is 5.82 Å². The Kier molecular flexibility index (Phi) is 5.39. The van der Waals surface area contributed by atoms with E-state index in [0.717, 1.165) is 18.1 Å². The summed E-state index contributed by atoms with van der Waals surface area (Å²) in [4.78, 5) is 4.27. The molecule has 7 heteroatoms. The molecule has 1 aromatic heterocycles. The highest BCUT2D eigenvalue weighted by molar-refractivity contribution is 7.99. The van der Waals surface area contributed by atoms with Gasteiger partial charge in [0.1, 0.15) is 5.82 Å². The summed E-state index contributed by atoms with van der Waals surface area (Å²) in [5.41, 5.74) is 0.378. The van der Waals surface area contributed by atoms with Gasteiger partial charge in [0.25, 0.3) is 0 Å². The zero-order valence-electron chi connectivity index (χ0n) is 10.7. The lowest BCUT2D eigenvalue weighted by Crippen LogP contribution is -2.38. The van der Waals surface area contributed by atoms with Crippen LogP contribution in [0.1, 0.15) is 5.89 Å². The van der Waals surface area contributed by atoms with Gasteiger partial charge in [0.05, 0.1) is 5.56 Å². The SMILES string of the molecule is Cl.Fc1ccccc1-c1noc(CC2CSCCN2)n1. The maximum atomic E-state index is 13.6. The third-order valence-electron chi connectivity index (χ3n) is 3.00. The lowest BCUT2D eigenvalue weighted by Gasteiger charge is -2.21. The number of halogens is 2. The molecule has 20 heavy (non-hydrogen) atoms. The highest BCUT2D eigenvalue weighted by atomic mass is 35.5. The molecule has 3 rings (SSSR count). The van der Waals surface area contributed by atoms with Gasteiger partial charge in [-0.05, 0) is 12.1 Å². The summed E-state index contributed by atoms with van der Waals surface area (Å²) in [5.74, 6) is 2.72. The normalized spacial score (nSPS) is 18.6. The fraction of sp³-hybridized carbons (Fsp3) is 0.385. The van der Waals surface area contributed by atoms with Crippen LogP contribution in [-0.2, 0) is 6.42 Å². The molecule has 1 aliphatic heterocycles. The van der Waals surface area contributed by atoms with Gasteiger partial charge in [-0.3, -0.25) is 0 Å². The number of benzene rings is 1. The van der Waals surface area contributed by atoms with Crippen LogP contribution < -0.4 is 5.32 Å². The number of hydrogen-bond acceptors (Lipinski definition) is 5. The van der Waals surface area contributed by atoms with Gasteiger partial charge in [-0.1, -0.05) is 17.3 Å². The van der Waals surface area contributed by atoms with Crippen LogP contribution in [-0.4, -0.2) is 34.2 Å². The zero-order valence-corrected chi connectivity index (χ0v) is 12.3.